The van der Waals surface area contributed by atoms with Crippen LogP contribution in [0.15, 0.2) is 24.3 Å². The number of hydrogen-bond donors (Lipinski definition) is 1. The molecule has 28 heavy (non-hydrogen) atoms. The van der Waals surface area contributed by atoms with E-state index in [4.69, 9.17) is 4.74 Å². The number of rotatable bonds is 7. The van der Waals surface area contributed by atoms with Crippen LogP contribution in [0.25, 0.3) is 0 Å². The third-order valence-electron chi connectivity index (χ3n) is 6.29. The van der Waals surface area contributed by atoms with Crippen molar-refractivity contribution in [2.24, 2.45) is 0 Å². The third-order valence-corrected chi connectivity index (χ3v) is 6.29. The zero-order chi connectivity index (χ0) is 19.5. The van der Waals surface area contributed by atoms with Crippen LogP contribution >= 0.6 is 0 Å². The van der Waals surface area contributed by atoms with Gasteiger partial charge in [0.05, 0.1) is 6.61 Å². The fourth-order valence-electron chi connectivity index (χ4n) is 4.49. The summed E-state index contributed by atoms with van der Waals surface area (Å²) in [6.07, 6.45) is 8.35. The SMILES string of the molecule is CCOC(=O)c1c(CNC2CCC2)c2c(n1Cc1ccc(C)cc1)CCCC2. The van der Waals surface area contributed by atoms with Crippen LogP contribution in [0.3, 0.4) is 0 Å². The van der Waals surface area contributed by atoms with E-state index in [1.54, 1.807) is 0 Å². The lowest BCUT2D eigenvalue weighted by Gasteiger charge is -2.27. The number of carbonyl (C=O) groups is 1. The highest BCUT2D eigenvalue weighted by Crippen LogP contribution is 2.32. The monoisotopic (exact) mass is 380 g/mol. The highest BCUT2D eigenvalue weighted by Gasteiger charge is 2.29. The van der Waals surface area contributed by atoms with E-state index in [2.05, 4.69) is 41.1 Å². The van der Waals surface area contributed by atoms with Gasteiger partial charge in [-0.2, -0.15) is 0 Å². The fraction of sp³-hybridized carbons (Fsp3) is 0.542. The van der Waals surface area contributed by atoms with E-state index in [9.17, 15) is 4.79 Å². The lowest BCUT2D eigenvalue weighted by Crippen LogP contribution is -2.35. The Morgan fingerprint density at radius 2 is 1.89 bits per heavy atom. The highest BCUT2D eigenvalue weighted by atomic mass is 16.5. The second kappa shape index (κ2) is 8.52. The number of ether oxygens (including phenoxy) is 1. The Kier molecular flexibility index (Phi) is 5.86. The molecule has 0 saturated heterocycles. The van der Waals surface area contributed by atoms with Gasteiger partial charge in [0.15, 0.2) is 0 Å². The topological polar surface area (TPSA) is 43.3 Å². The molecule has 1 aromatic heterocycles. The predicted octanol–water partition coefficient (Wildman–Crippen LogP) is 4.54. The number of hydrogen-bond acceptors (Lipinski definition) is 3. The van der Waals surface area contributed by atoms with Gasteiger partial charge in [-0.3, -0.25) is 0 Å². The Hall–Kier alpha value is -2.07. The average molecular weight is 381 g/mol. The molecule has 0 atom stereocenters. The molecule has 1 saturated carbocycles. The van der Waals surface area contributed by atoms with Crippen LogP contribution in [0.4, 0.5) is 0 Å². The summed E-state index contributed by atoms with van der Waals surface area (Å²) in [6, 6.07) is 9.25. The lowest BCUT2D eigenvalue weighted by molar-refractivity contribution is 0.0512. The largest absolute Gasteiger partial charge is 0.461 e. The Morgan fingerprint density at radius 1 is 1.14 bits per heavy atom. The Labute approximate surface area is 168 Å². The smallest absolute Gasteiger partial charge is 0.355 e. The van der Waals surface area contributed by atoms with Gasteiger partial charge in [0.2, 0.25) is 0 Å². The minimum absolute atomic E-state index is 0.172. The first-order valence-electron chi connectivity index (χ1n) is 10.9. The third kappa shape index (κ3) is 3.88. The van der Waals surface area contributed by atoms with E-state index in [-0.39, 0.29) is 5.97 Å². The number of carbonyl (C=O) groups excluding carboxylic acids is 1. The molecule has 1 fully saturated rings. The molecule has 4 rings (SSSR count). The van der Waals surface area contributed by atoms with Crippen LogP contribution in [-0.2, 0) is 30.7 Å². The number of aromatic nitrogens is 1. The molecule has 0 bridgehead atoms. The predicted molar refractivity (Wildman–Crippen MR) is 112 cm³/mol. The maximum Gasteiger partial charge on any atom is 0.355 e. The Bertz CT molecular complexity index is 831. The minimum Gasteiger partial charge on any atom is -0.461 e. The molecule has 0 radical (unpaired) electrons. The lowest BCUT2D eigenvalue weighted by atomic mass is 9.91. The van der Waals surface area contributed by atoms with Crippen molar-refractivity contribution in [3.05, 3.63) is 57.9 Å². The number of aryl methyl sites for hydroxylation is 1. The molecule has 2 aromatic rings. The van der Waals surface area contributed by atoms with Crippen molar-refractivity contribution in [1.29, 1.82) is 0 Å². The summed E-state index contributed by atoms with van der Waals surface area (Å²) in [6.45, 7) is 5.92. The van der Waals surface area contributed by atoms with Gasteiger partial charge in [-0.05, 0) is 63.5 Å². The Balaban J connectivity index is 1.73. The highest BCUT2D eigenvalue weighted by molar-refractivity contribution is 5.90. The van der Waals surface area contributed by atoms with Crippen molar-refractivity contribution in [2.45, 2.75) is 77.9 Å². The van der Waals surface area contributed by atoms with Crippen LogP contribution in [0, 0.1) is 6.92 Å². The standard InChI is InChI=1S/C24H32N2O2/c1-3-28-24(27)23-21(15-25-19-7-6-8-19)20-9-4-5-10-22(20)26(23)16-18-13-11-17(2)12-14-18/h11-14,19,25H,3-10,15-16H2,1-2H3. The molecule has 1 heterocycles. The van der Waals surface area contributed by atoms with Gasteiger partial charge in [-0.15, -0.1) is 0 Å². The van der Waals surface area contributed by atoms with Gasteiger partial charge < -0.3 is 14.6 Å². The summed E-state index contributed by atoms with van der Waals surface area (Å²) in [7, 11) is 0. The second-order valence-corrected chi connectivity index (χ2v) is 8.26. The zero-order valence-electron chi connectivity index (χ0n) is 17.2. The van der Waals surface area contributed by atoms with Crippen molar-refractivity contribution in [3.63, 3.8) is 0 Å². The molecule has 4 heteroatoms. The summed E-state index contributed by atoms with van der Waals surface area (Å²) in [5.41, 5.74) is 7.20. The summed E-state index contributed by atoms with van der Waals surface area (Å²) in [5, 5.41) is 3.69. The molecule has 2 aliphatic carbocycles. The number of nitrogens with zero attached hydrogens (tertiary/aromatic N) is 1. The molecule has 4 nitrogen and oxygen atoms in total. The molecule has 0 amide bonds. The van der Waals surface area contributed by atoms with Gasteiger partial charge >= 0.3 is 5.97 Å². The van der Waals surface area contributed by atoms with Gasteiger partial charge in [0.25, 0.3) is 0 Å². The minimum atomic E-state index is -0.172. The average Bonchev–Trinajstić information content (AvgIpc) is 2.96. The van der Waals surface area contributed by atoms with Crippen LogP contribution in [0.5, 0.6) is 0 Å². The molecular formula is C24H32N2O2. The van der Waals surface area contributed by atoms with Crippen molar-refractivity contribution in [2.75, 3.05) is 6.61 Å². The van der Waals surface area contributed by atoms with Crippen LogP contribution in [0.1, 0.15) is 77.5 Å². The number of esters is 1. The van der Waals surface area contributed by atoms with E-state index >= 15 is 0 Å². The van der Waals surface area contributed by atoms with E-state index in [0.29, 0.717) is 12.6 Å². The van der Waals surface area contributed by atoms with Crippen molar-refractivity contribution >= 4 is 5.97 Å². The second-order valence-electron chi connectivity index (χ2n) is 8.26. The Morgan fingerprint density at radius 3 is 2.57 bits per heavy atom. The molecule has 2 aliphatic rings. The van der Waals surface area contributed by atoms with Crippen molar-refractivity contribution in [1.82, 2.24) is 9.88 Å². The zero-order valence-corrected chi connectivity index (χ0v) is 17.2. The summed E-state index contributed by atoms with van der Waals surface area (Å²) in [4.78, 5) is 13.0. The van der Waals surface area contributed by atoms with E-state index in [1.165, 1.54) is 60.1 Å². The molecule has 1 aromatic carbocycles. The van der Waals surface area contributed by atoms with Gasteiger partial charge in [0, 0.05) is 30.4 Å². The number of nitrogens with one attached hydrogen (secondary N) is 1. The molecule has 0 aliphatic heterocycles. The molecule has 0 spiro atoms. The number of benzene rings is 1. The van der Waals surface area contributed by atoms with Crippen molar-refractivity contribution < 1.29 is 9.53 Å². The van der Waals surface area contributed by atoms with Gasteiger partial charge in [0.1, 0.15) is 5.69 Å². The normalized spacial score (nSPS) is 16.5. The van der Waals surface area contributed by atoms with Crippen molar-refractivity contribution in [3.8, 4) is 0 Å². The molecule has 1 N–H and O–H groups in total. The van der Waals surface area contributed by atoms with Gasteiger partial charge in [-0.1, -0.05) is 36.2 Å². The van der Waals surface area contributed by atoms with Gasteiger partial charge in [-0.25, -0.2) is 4.79 Å². The maximum atomic E-state index is 13.0. The molecule has 150 valence electrons. The number of fused-ring (bicyclic) bond motifs is 1. The van der Waals surface area contributed by atoms with E-state index in [0.717, 1.165) is 31.6 Å². The first kappa shape index (κ1) is 19.3. The molecular weight excluding hydrogens is 348 g/mol. The van der Waals surface area contributed by atoms with Crippen LogP contribution in [-0.4, -0.2) is 23.2 Å². The summed E-state index contributed by atoms with van der Waals surface area (Å²) < 4.78 is 7.76. The quantitative estimate of drug-likeness (QED) is 0.717. The summed E-state index contributed by atoms with van der Waals surface area (Å²) in [5.74, 6) is -0.172. The van der Waals surface area contributed by atoms with E-state index < -0.39 is 0 Å². The maximum absolute atomic E-state index is 13.0. The first-order valence-corrected chi connectivity index (χ1v) is 10.9. The van der Waals surface area contributed by atoms with Crippen LogP contribution in [0.2, 0.25) is 0 Å². The molecule has 0 unspecified atom stereocenters. The first-order chi connectivity index (χ1) is 13.7. The summed E-state index contributed by atoms with van der Waals surface area (Å²) >= 11 is 0. The van der Waals surface area contributed by atoms with E-state index in [1.807, 2.05) is 6.92 Å². The fourth-order valence-corrected chi connectivity index (χ4v) is 4.49. The van der Waals surface area contributed by atoms with Crippen LogP contribution < -0.4 is 5.32 Å².